The Morgan fingerprint density at radius 1 is 1.67 bits per heavy atom. The molecule has 0 amide bonds. The standard InChI is InChI=1S/C9H18N2O/c1-6-11(7-2)8(10-5)9(3,4)12/h6,12H,1,7H2,2-5H3. The molecule has 0 bridgehead atoms. The van der Waals surface area contributed by atoms with Gasteiger partial charge in [-0.15, -0.1) is 0 Å². The van der Waals surface area contributed by atoms with E-state index in [0.29, 0.717) is 5.84 Å². The highest BCUT2D eigenvalue weighted by atomic mass is 16.3. The molecule has 0 spiro atoms. The van der Waals surface area contributed by atoms with Crippen LogP contribution in [0.25, 0.3) is 0 Å². The summed E-state index contributed by atoms with van der Waals surface area (Å²) in [5.41, 5.74) is -0.904. The Morgan fingerprint density at radius 3 is 2.25 bits per heavy atom. The second-order valence-electron chi connectivity index (χ2n) is 3.07. The van der Waals surface area contributed by atoms with Crippen LogP contribution >= 0.6 is 0 Å². The summed E-state index contributed by atoms with van der Waals surface area (Å²) in [7, 11) is 1.67. The minimum atomic E-state index is -0.904. The van der Waals surface area contributed by atoms with Crippen LogP contribution in [-0.4, -0.2) is 35.0 Å². The highest BCUT2D eigenvalue weighted by Gasteiger charge is 2.23. The van der Waals surface area contributed by atoms with E-state index in [4.69, 9.17) is 0 Å². The molecule has 0 aliphatic heterocycles. The van der Waals surface area contributed by atoms with Crippen LogP contribution in [-0.2, 0) is 0 Å². The summed E-state index contributed by atoms with van der Waals surface area (Å²) in [4.78, 5) is 5.84. The predicted octanol–water partition coefficient (Wildman–Crippen LogP) is 1.25. The summed E-state index contributed by atoms with van der Waals surface area (Å²) in [6.45, 7) is 9.82. The zero-order valence-electron chi connectivity index (χ0n) is 8.33. The van der Waals surface area contributed by atoms with Crippen molar-refractivity contribution in [2.75, 3.05) is 13.6 Å². The van der Waals surface area contributed by atoms with Crippen molar-refractivity contribution in [1.29, 1.82) is 0 Å². The van der Waals surface area contributed by atoms with E-state index < -0.39 is 5.60 Å². The molecule has 3 heteroatoms. The molecule has 0 unspecified atom stereocenters. The van der Waals surface area contributed by atoms with Crippen molar-refractivity contribution in [3.05, 3.63) is 12.8 Å². The van der Waals surface area contributed by atoms with Gasteiger partial charge in [0, 0.05) is 13.6 Å². The van der Waals surface area contributed by atoms with Gasteiger partial charge in [-0.2, -0.15) is 0 Å². The summed E-state index contributed by atoms with van der Waals surface area (Å²) in [5.74, 6) is 0.639. The molecular formula is C9H18N2O. The minimum Gasteiger partial charge on any atom is -0.383 e. The smallest absolute Gasteiger partial charge is 0.134 e. The molecule has 1 N–H and O–H groups in total. The van der Waals surface area contributed by atoms with Crippen molar-refractivity contribution < 1.29 is 5.11 Å². The van der Waals surface area contributed by atoms with Crippen molar-refractivity contribution in [3.8, 4) is 0 Å². The Labute approximate surface area is 74.4 Å². The first-order valence-electron chi connectivity index (χ1n) is 4.06. The average Bonchev–Trinajstić information content (AvgIpc) is 1.97. The number of likely N-dealkylation sites (N-methyl/N-ethyl adjacent to an activating group) is 1. The molecule has 0 aromatic carbocycles. The van der Waals surface area contributed by atoms with Crippen molar-refractivity contribution in [2.45, 2.75) is 26.4 Å². The van der Waals surface area contributed by atoms with Gasteiger partial charge in [0.2, 0.25) is 0 Å². The van der Waals surface area contributed by atoms with Crippen LogP contribution in [0.2, 0.25) is 0 Å². The van der Waals surface area contributed by atoms with Crippen molar-refractivity contribution >= 4 is 5.84 Å². The SMILES string of the molecule is C=CN(CC)C(=NC)C(C)(C)O. The largest absolute Gasteiger partial charge is 0.383 e. The lowest BCUT2D eigenvalue weighted by Crippen LogP contribution is -2.42. The maximum atomic E-state index is 9.69. The van der Waals surface area contributed by atoms with Gasteiger partial charge in [-0.1, -0.05) is 6.58 Å². The number of rotatable bonds is 3. The second-order valence-corrected chi connectivity index (χ2v) is 3.07. The van der Waals surface area contributed by atoms with Gasteiger partial charge >= 0.3 is 0 Å². The van der Waals surface area contributed by atoms with Crippen LogP contribution in [0.3, 0.4) is 0 Å². The molecule has 12 heavy (non-hydrogen) atoms. The maximum Gasteiger partial charge on any atom is 0.134 e. The molecule has 0 radical (unpaired) electrons. The van der Waals surface area contributed by atoms with Crippen molar-refractivity contribution in [2.24, 2.45) is 4.99 Å². The summed E-state index contributed by atoms with van der Waals surface area (Å²) in [6.07, 6.45) is 1.67. The molecule has 0 aliphatic carbocycles. The van der Waals surface area contributed by atoms with Gasteiger partial charge < -0.3 is 10.0 Å². The maximum absolute atomic E-state index is 9.69. The van der Waals surface area contributed by atoms with E-state index in [2.05, 4.69) is 11.6 Å². The lowest BCUT2D eigenvalue weighted by atomic mass is 10.1. The average molecular weight is 170 g/mol. The fourth-order valence-corrected chi connectivity index (χ4v) is 1.12. The van der Waals surface area contributed by atoms with Crippen LogP contribution in [0.4, 0.5) is 0 Å². The Morgan fingerprint density at radius 2 is 2.17 bits per heavy atom. The molecule has 0 aromatic rings. The van der Waals surface area contributed by atoms with Gasteiger partial charge in [-0.05, 0) is 27.0 Å². The van der Waals surface area contributed by atoms with E-state index >= 15 is 0 Å². The van der Waals surface area contributed by atoms with Crippen LogP contribution in [0.5, 0.6) is 0 Å². The van der Waals surface area contributed by atoms with Gasteiger partial charge in [0.15, 0.2) is 0 Å². The van der Waals surface area contributed by atoms with Gasteiger partial charge in [0.1, 0.15) is 11.4 Å². The molecule has 0 fully saturated rings. The summed E-state index contributed by atoms with van der Waals surface area (Å²) in [6, 6.07) is 0. The van der Waals surface area contributed by atoms with Crippen molar-refractivity contribution in [1.82, 2.24) is 4.90 Å². The first-order valence-corrected chi connectivity index (χ1v) is 4.06. The molecule has 70 valence electrons. The monoisotopic (exact) mass is 170 g/mol. The third kappa shape index (κ3) is 2.66. The molecule has 0 rings (SSSR count). The predicted molar refractivity (Wildman–Crippen MR) is 52.2 cm³/mol. The topological polar surface area (TPSA) is 35.8 Å². The van der Waals surface area contributed by atoms with Crippen LogP contribution < -0.4 is 0 Å². The molecule has 3 nitrogen and oxygen atoms in total. The summed E-state index contributed by atoms with van der Waals surface area (Å²) in [5, 5.41) is 9.69. The van der Waals surface area contributed by atoms with Gasteiger partial charge in [-0.3, -0.25) is 4.99 Å². The molecule has 0 aromatic heterocycles. The fourth-order valence-electron chi connectivity index (χ4n) is 1.12. The molecular weight excluding hydrogens is 152 g/mol. The van der Waals surface area contributed by atoms with Crippen LogP contribution in [0, 0.1) is 0 Å². The molecule has 0 aliphatic rings. The summed E-state index contributed by atoms with van der Waals surface area (Å²) < 4.78 is 0. The van der Waals surface area contributed by atoms with E-state index in [1.165, 1.54) is 0 Å². The van der Waals surface area contributed by atoms with Crippen LogP contribution in [0.15, 0.2) is 17.8 Å². The fraction of sp³-hybridized carbons (Fsp3) is 0.667. The Bertz CT molecular complexity index is 179. The number of amidine groups is 1. The van der Waals surface area contributed by atoms with Gasteiger partial charge in [0.25, 0.3) is 0 Å². The van der Waals surface area contributed by atoms with E-state index in [0.717, 1.165) is 6.54 Å². The lowest BCUT2D eigenvalue weighted by molar-refractivity contribution is 0.141. The molecule has 0 saturated heterocycles. The van der Waals surface area contributed by atoms with Crippen molar-refractivity contribution in [3.63, 3.8) is 0 Å². The third-order valence-corrected chi connectivity index (χ3v) is 1.59. The number of hydrogen-bond donors (Lipinski definition) is 1. The highest BCUT2D eigenvalue weighted by Crippen LogP contribution is 2.09. The third-order valence-electron chi connectivity index (χ3n) is 1.59. The van der Waals surface area contributed by atoms with Gasteiger partial charge in [-0.25, -0.2) is 0 Å². The Hall–Kier alpha value is -0.830. The number of hydrogen-bond acceptors (Lipinski definition) is 2. The second kappa shape index (κ2) is 4.26. The highest BCUT2D eigenvalue weighted by molar-refractivity contribution is 5.90. The van der Waals surface area contributed by atoms with Crippen LogP contribution in [0.1, 0.15) is 20.8 Å². The quantitative estimate of drug-likeness (QED) is 0.511. The normalized spacial score (nSPS) is 12.9. The van der Waals surface area contributed by atoms with E-state index in [1.54, 1.807) is 27.1 Å². The Kier molecular flexibility index (Phi) is 3.96. The van der Waals surface area contributed by atoms with E-state index in [9.17, 15) is 5.11 Å². The number of nitrogens with zero attached hydrogens (tertiary/aromatic N) is 2. The zero-order chi connectivity index (χ0) is 9.78. The number of aliphatic imine (C=N–C) groups is 1. The minimum absolute atomic E-state index is 0.639. The van der Waals surface area contributed by atoms with E-state index in [1.807, 2.05) is 11.8 Å². The van der Waals surface area contributed by atoms with Gasteiger partial charge in [0.05, 0.1) is 0 Å². The lowest BCUT2D eigenvalue weighted by Gasteiger charge is -2.28. The first-order chi connectivity index (χ1) is 5.47. The summed E-state index contributed by atoms with van der Waals surface area (Å²) >= 11 is 0. The first kappa shape index (κ1) is 11.2. The molecule has 0 saturated carbocycles. The zero-order valence-corrected chi connectivity index (χ0v) is 8.33. The van der Waals surface area contributed by atoms with E-state index in [-0.39, 0.29) is 0 Å². The Balaban J connectivity index is 4.67. The molecule has 0 heterocycles. The number of aliphatic hydroxyl groups is 1. The molecule has 0 atom stereocenters.